The maximum atomic E-state index is 10.9. The van der Waals surface area contributed by atoms with Crippen LogP contribution < -0.4 is 5.32 Å². The largest absolute Gasteiger partial charge is 0.365 e. The number of hydrogen-bond donors (Lipinski definition) is 1. The molecule has 0 aliphatic rings. The molecule has 0 spiro atoms. The minimum atomic E-state index is 0.138. The molecule has 0 amide bonds. The van der Waals surface area contributed by atoms with Crippen molar-refractivity contribution in [3.05, 3.63) is 51.9 Å². The van der Waals surface area contributed by atoms with Gasteiger partial charge in [0.15, 0.2) is 6.29 Å². The first-order chi connectivity index (χ1) is 8.70. The molecule has 1 aromatic heterocycles. The van der Waals surface area contributed by atoms with Gasteiger partial charge in [-0.05, 0) is 17.7 Å². The van der Waals surface area contributed by atoms with Crippen molar-refractivity contribution in [3.8, 4) is 0 Å². The maximum absolute atomic E-state index is 10.9. The number of aldehydes is 1. The van der Waals surface area contributed by atoms with Gasteiger partial charge in [0.05, 0.1) is 5.56 Å². The third kappa shape index (κ3) is 2.97. The molecule has 4 nitrogen and oxygen atoms in total. The number of hydrogen-bond acceptors (Lipinski definition) is 4. The summed E-state index contributed by atoms with van der Waals surface area (Å²) in [5.41, 5.74) is 1.28. The molecular formula is C12H9Cl2N3O. The van der Waals surface area contributed by atoms with Crippen molar-refractivity contribution in [1.82, 2.24) is 9.97 Å². The van der Waals surface area contributed by atoms with E-state index < -0.39 is 0 Å². The SMILES string of the molecule is O=Cc1c(Cl)ncnc1NCc1ccc(Cl)cc1. The smallest absolute Gasteiger partial charge is 0.156 e. The molecule has 2 rings (SSSR count). The molecule has 18 heavy (non-hydrogen) atoms. The van der Waals surface area contributed by atoms with E-state index in [0.717, 1.165) is 5.56 Å². The number of nitrogens with zero attached hydrogens (tertiary/aromatic N) is 2. The first kappa shape index (κ1) is 12.8. The summed E-state index contributed by atoms with van der Waals surface area (Å²) in [6, 6.07) is 7.37. The molecule has 0 radical (unpaired) electrons. The van der Waals surface area contributed by atoms with Crippen LogP contribution in [-0.2, 0) is 6.54 Å². The average molecular weight is 282 g/mol. The number of rotatable bonds is 4. The molecule has 1 aromatic carbocycles. The van der Waals surface area contributed by atoms with Crippen LogP contribution in [0, 0.1) is 0 Å². The Kier molecular flexibility index (Phi) is 4.12. The highest BCUT2D eigenvalue weighted by Crippen LogP contribution is 2.18. The van der Waals surface area contributed by atoms with E-state index in [2.05, 4.69) is 15.3 Å². The van der Waals surface area contributed by atoms with E-state index in [0.29, 0.717) is 23.7 Å². The van der Waals surface area contributed by atoms with Gasteiger partial charge in [0.1, 0.15) is 17.3 Å². The normalized spacial score (nSPS) is 10.1. The monoisotopic (exact) mass is 281 g/mol. The summed E-state index contributed by atoms with van der Waals surface area (Å²) in [4.78, 5) is 18.6. The molecule has 2 aromatic rings. The standard InChI is InChI=1S/C12H9Cl2N3O/c13-9-3-1-8(2-4-9)5-15-12-10(6-18)11(14)16-7-17-12/h1-4,6-7H,5H2,(H,15,16,17). The second kappa shape index (κ2) is 5.80. The summed E-state index contributed by atoms with van der Waals surface area (Å²) in [7, 11) is 0. The first-order valence-corrected chi connectivity index (χ1v) is 5.90. The Bertz CT molecular complexity index is 558. The Balaban J connectivity index is 2.13. The predicted octanol–water partition coefficient (Wildman–Crippen LogP) is 3.21. The van der Waals surface area contributed by atoms with Crippen LogP contribution in [0.3, 0.4) is 0 Å². The quantitative estimate of drug-likeness (QED) is 0.691. The van der Waals surface area contributed by atoms with Gasteiger partial charge in [-0.25, -0.2) is 9.97 Å². The second-order valence-electron chi connectivity index (χ2n) is 3.52. The molecule has 0 bridgehead atoms. The summed E-state index contributed by atoms with van der Waals surface area (Å²) < 4.78 is 0. The molecule has 0 unspecified atom stereocenters. The molecule has 0 saturated heterocycles. The van der Waals surface area contributed by atoms with Crippen LogP contribution in [-0.4, -0.2) is 16.3 Å². The lowest BCUT2D eigenvalue weighted by Gasteiger charge is -2.08. The molecular weight excluding hydrogens is 273 g/mol. The topological polar surface area (TPSA) is 54.9 Å². The van der Waals surface area contributed by atoms with Crippen molar-refractivity contribution in [2.45, 2.75) is 6.54 Å². The van der Waals surface area contributed by atoms with Crippen LogP contribution >= 0.6 is 23.2 Å². The number of nitrogens with one attached hydrogen (secondary N) is 1. The third-order valence-corrected chi connectivity index (χ3v) is 2.88. The number of carbonyl (C=O) groups excluding carboxylic acids is 1. The van der Waals surface area contributed by atoms with Crippen molar-refractivity contribution in [2.75, 3.05) is 5.32 Å². The van der Waals surface area contributed by atoms with Crippen molar-refractivity contribution in [1.29, 1.82) is 0 Å². The Morgan fingerprint density at radius 3 is 2.56 bits per heavy atom. The summed E-state index contributed by atoms with van der Waals surface area (Å²) in [6.45, 7) is 0.519. The lowest BCUT2D eigenvalue weighted by Crippen LogP contribution is -2.05. The fourth-order valence-electron chi connectivity index (χ4n) is 1.41. The van der Waals surface area contributed by atoms with Gasteiger partial charge in [0, 0.05) is 11.6 Å². The molecule has 0 aliphatic heterocycles. The fourth-order valence-corrected chi connectivity index (χ4v) is 1.71. The van der Waals surface area contributed by atoms with E-state index in [1.165, 1.54) is 6.33 Å². The zero-order valence-corrected chi connectivity index (χ0v) is 10.7. The van der Waals surface area contributed by atoms with Gasteiger partial charge in [0.2, 0.25) is 0 Å². The average Bonchev–Trinajstić information content (AvgIpc) is 2.38. The van der Waals surface area contributed by atoms with E-state index in [4.69, 9.17) is 23.2 Å². The van der Waals surface area contributed by atoms with E-state index in [1.807, 2.05) is 12.1 Å². The Morgan fingerprint density at radius 2 is 1.89 bits per heavy atom. The molecule has 0 atom stereocenters. The maximum Gasteiger partial charge on any atom is 0.156 e. The number of aromatic nitrogens is 2. The summed E-state index contributed by atoms with van der Waals surface area (Å²) in [5.74, 6) is 0.417. The van der Waals surface area contributed by atoms with Gasteiger partial charge in [0.25, 0.3) is 0 Å². The van der Waals surface area contributed by atoms with Crippen LogP contribution in [0.25, 0.3) is 0 Å². The van der Waals surface area contributed by atoms with Crippen LogP contribution in [0.15, 0.2) is 30.6 Å². The van der Waals surface area contributed by atoms with E-state index in [1.54, 1.807) is 12.1 Å². The van der Waals surface area contributed by atoms with Gasteiger partial charge in [-0.15, -0.1) is 0 Å². The van der Waals surface area contributed by atoms with E-state index >= 15 is 0 Å². The van der Waals surface area contributed by atoms with Crippen molar-refractivity contribution in [3.63, 3.8) is 0 Å². The van der Waals surface area contributed by atoms with E-state index in [-0.39, 0.29) is 10.7 Å². The van der Waals surface area contributed by atoms with E-state index in [9.17, 15) is 4.79 Å². The molecule has 6 heteroatoms. The number of carbonyl (C=O) groups is 1. The lowest BCUT2D eigenvalue weighted by atomic mass is 10.2. The Labute approximate surface area is 114 Å². The molecule has 0 saturated carbocycles. The van der Waals surface area contributed by atoms with Gasteiger partial charge in [-0.1, -0.05) is 35.3 Å². The summed E-state index contributed by atoms with van der Waals surface area (Å²) in [5, 5.41) is 3.85. The van der Waals surface area contributed by atoms with Gasteiger partial charge >= 0.3 is 0 Å². The molecule has 0 fully saturated rings. The minimum absolute atomic E-state index is 0.138. The summed E-state index contributed by atoms with van der Waals surface area (Å²) >= 11 is 11.6. The van der Waals surface area contributed by atoms with Crippen molar-refractivity contribution >= 4 is 35.3 Å². The number of benzene rings is 1. The molecule has 1 N–H and O–H groups in total. The van der Waals surface area contributed by atoms with Gasteiger partial charge in [-0.3, -0.25) is 4.79 Å². The van der Waals surface area contributed by atoms with Gasteiger partial charge in [-0.2, -0.15) is 0 Å². The highest BCUT2D eigenvalue weighted by molar-refractivity contribution is 6.32. The Hall–Kier alpha value is -1.65. The summed E-state index contributed by atoms with van der Waals surface area (Å²) in [6.07, 6.45) is 1.94. The van der Waals surface area contributed by atoms with Crippen molar-refractivity contribution < 1.29 is 4.79 Å². The lowest BCUT2D eigenvalue weighted by molar-refractivity contribution is 0.112. The fraction of sp³-hybridized carbons (Fsp3) is 0.0833. The molecule has 1 heterocycles. The third-order valence-electron chi connectivity index (χ3n) is 2.33. The van der Waals surface area contributed by atoms with Crippen LogP contribution in [0.4, 0.5) is 5.82 Å². The highest BCUT2D eigenvalue weighted by Gasteiger charge is 2.08. The second-order valence-corrected chi connectivity index (χ2v) is 4.32. The molecule has 0 aliphatic carbocycles. The van der Waals surface area contributed by atoms with Crippen LogP contribution in [0.5, 0.6) is 0 Å². The first-order valence-electron chi connectivity index (χ1n) is 5.14. The zero-order valence-electron chi connectivity index (χ0n) is 9.23. The Morgan fingerprint density at radius 1 is 1.17 bits per heavy atom. The van der Waals surface area contributed by atoms with Crippen LogP contribution in [0.2, 0.25) is 10.2 Å². The number of anilines is 1. The minimum Gasteiger partial charge on any atom is -0.365 e. The molecule has 92 valence electrons. The number of halogens is 2. The van der Waals surface area contributed by atoms with Crippen molar-refractivity contribution in [2.24, 2.45) is 0 Å². The van der Waals surface area contributed by atoms with Crippen LogP contribution in [0.1, 0.15) is 15.9 Å². The predicted molar refractivity (Wildman–Crippen MR) is 71.2 cm³/mol. The van der Waals surface area contributed by atoms with Gasteiger partial charge < -0.3 is 5.32 Å². The zero-order chi connectivity index (χ0) is 13.0. The highest BCUT2D eigenvalue weighted by atomic mass is 35.5.